The van der Waals surface area contributed by atoms with E-state index in [1.54, 1.807) is 16.7 Å². The fourth-order valence-electron chi connectivity index (χ4n) is 2.48. The summed E-state index contributed by atoms with van der Waals surface area (Å²) in [6, 6.07) is 7.11. The number of hydrogen-bond donors (Lipinski definition) is 1. The van der Waals surface area contributed by atoms with Crippen LogP contribution in [0.15, 0.2) is 18.2 Å². The summed E-state index contributed by atoms with van der Waals surface area (Å²) in [5, 5.41) is 0. The van der Waals surface area contributed by atoms with Gasteiger partial charge in [0, 0.05) is 6.04 Å². The first-order valence-corrected chi connectivity index (χ1v) is 6.12. The van der Waals surface area contributed by atoms with Crippen molar-refractivity contribution in [2.45, 2.75) is 51.5 Å². The molecule has 0 fully saturated rings. The molecule has 2 N–H and O–H groups in total. The van der Waals surface area contributed by atoms with Gasteiger partial charge in [-0.3, -0.25) is 0 Å². The molecule has 0 aliphatic heterocycles. The zero-order valence-corrected chi connectivity index (χ0v) is 9.63. The molecular formula is C14H21N. The number of benzene rings is 1. The van der Waals surface area contributed by atoms with Crippen LogP contribution in [0.2, 0.25) is 0 Å². The first kappa shape index (κ1) is 10.7. The van der Waals surface area contributed by atoms with Crippen molar-refractivity contribution in [3.8, 4) is 0 Å². The Bertz CT molecular complexity index is 328. The van der Waals surface area contributed by atoms with Gasteiger partial charge in [0.1, 0.15) is 0 Å². The van der Waals surface area contributed by atoms with Crippen LogP contribution in [0.5, 0.6) is 0 Å². The van der Waals surface area contributed by atoms with Gasteiger partial charge >= 0.3 is 0 Å². The Morgan fingerprint density at radius 2 is 2.07 bits per heavy atom. The molecule has 1 aliphatic rings. The van der Waals surface area contributed by atoms with Gasteiger partial charge in [-0.05, 0) is 62.1 Å². The SMILES string of the molecule is C[C@H](N)CCc1cccc2c1CCCC2. The molecular weight excluding hydrogens is 182 g/mol. The molecule has 0 heterocycles. The largest absolute Gasteiger partial charge is 0.328 e. The van der Waals surface area contributed by atoms with Crippen molar-refractivity contribution < 1.29 is 0 Å². The van der Waals surface area contributed by atoms with Crippen LogP contribution in [-0.2, 0) is 19.3 Å². The van der Waals surface area contributed by atoms with Crippen LogP contribution in [-0.4, -0.2) is 6.04 Å². The molecule has 1 aromatic rings. The van der Waals surface area contributed by atoms with Crippen molar-refractivity contribution >= 4 is 0 Å². The van der Waals surface area contributed by atoms with Crippen molar-refractivity contribution in [2.75, 3.05) is 0 Å². The van der Waals surface area contributed by atoms with Gasteiger partial charge < -0.3 is 5.73 Å². The quantitative estimate of drug-likeness (QED) is 0.803. The van der Waals surface area contributed by atoms with Crippen molar-refractivity contribution in [3.05, 3.63) is 34.9 Å². The number of aryl methyl sites for hydroxylation is 2. The van der Waals surface area contributed by atoms with Crippen LogP contribution in [0.3, 0.4) is 0 Å². The van der Waals surface area contributed by atoms with E-state index in [0.717, 1.165) is 12.8 Å². The highest BCUT2D eigenvalue weighted by atomic mass is 14.6. The zero-order chi connectivity index (χ0) is 10.7. The molecule has 0 bridgehead atoms. The van der Waals surface area contributed by atoms with Gasteiger partial charge in [-0.15, -0.1) is 0 Å². The third kappa shape index (κ3) is 2.60. The number of fused-ring (bicyclic) bond motifs is 1. The molecule has 82 valence electrons. The second-order valence-corrected chi connectivity index (χ2v) is 4.78. The molecule has 0 spiro atoms. The lowest BCUT2D eigenvalue weighted by atomic mass is 9.86. The van der Waals surface area contributed by atoms with Gasteiger partial charge in [0.15, 0.2) is 0 Å². The van der Waals surface area contributed by atoms with Gasteiger partial charge in [0.2, 0.25) is 0 Å². The van der Waals surface area contributed by atoms with Gasteiger partial charge in [-0.1, -0.05) is 18.2 Å². The maximum absolute atomic E-state index is 5.82. The highest BCUT2D eigenvalue weighted by molar-refractivity contribution is 5.37. The van der Waals surface area contributed by atoms with Crippen LogP contribution < -0.4 is 5.73 Å². The maximum Gasteiger partial charge on any atom is 0.00136 e. The maximum atomic E-state index is 5.82. The number of hydrogen-bond acceptors (Lipinski definition) is 1. The molecule has 1 heteroatoms. The van der Waals surface area contributed by atoms with E-state index in [0.29, 0.717) is 6.04 Å². The Hall–Kier alpha value is -0.820. The van der Waals surface area contributed by atoms with Gasteiger partial charge in [0.25, 0.3) is 0 Å². The average Bonchev–Trinajstić information content (AvgIpc) is 2.26. The molecule has 0 unspecified atom stereocenters. The molecule has 1 nitrogen and oxygen atoms in total. The summed E-state index contributed by atoms with van der Waals surface area (Å²) in [6.07, 6.45) is 7.55. The molecule has 0 amide bonds. The van der Waals surface area contributed by atoms with E-state index < -0.39 is 0 Å². The van der Waals surface area contributed by atoms with Crippen molar-refractivity contribution in [1.82, 2.24) is 0 Å². The van der Waals surface area contributed by atoms with E-state index in [-0.39, 0.29) is 0 Å². The zero-order valence-electron chi connectivity index (χ0n) is 9.63. The molecule has 0 saturated heterocycles. The van der Waals surface area contributed by atoms with Crippen molar-refractivity contribution in [2.24, 2.45) is 5.73 Å². The highest BCUT2D eigenvalue weighted by Gasteiger charge is 2.12. The molecule has 1 aliphatic carbocycles. The molecule has 1 atom stereocenters. The summed E-state index contributed by atoms with van der Waals surface area (Å²) in [5.41, 5.74) is 10.6. The van der Waals surface area contributed by atoms with E-state index in [1.165, 1.54) is 25.7 Å². The Morgan fingerprint density at radius 1 is 1.27 bits per heavy atom. The lowest BCUT2D eigenvalue weighted by molar-refractivity contribution is 0.644. The minimum Gasteiger partial charge on any atom is -0.328 e. The summed E-state index contributed by atoms with van der Waals surface area (Å²) in [6.45, 7) is 2.09. The Morgan fingerprint density at radius 3 is 2.87 bits per heavy atom. The van der Waals surface area contributed by atoms with Gasteiger partial charge in [-0.2, -0.15) is 0 Å². The van der Waals surface area contributed by atoms with Crippen LogP contribution in [0.1, 0.15) is 42.9 Å². The standard InChI is InChI=1S/C14H21N/c1-11(15)9-10-13-7-4-6-12-5-2-3-8-14(12)13/h4,6-7,11H,2-3,5,8-10,15H2,1H3/t11-/m0/s1. The summed E-state index contributed by atoms with van der Waals surface area (Å²) >= 11 is 0. The second-order valence-electron chi connectivity index (χ2n) is 4.78. The molecule has 0 aromatic heterocycles. The summed E-state index contributed by atoms with van der Waals surface area (Å²) < 4.78 is 0. The molecule has 0 radical (unpaired) electrons. The normalized spacial score (nSPS) is 17.2. The minimum atomic E-state index is 0.324. The first-order chi connectivity index (χ1) is 7.27. The van der Waals surface area contributed by atoms with E-state index >= 15 is 0 Å². The minimum absolute atomic E-state index is 0.324. The molecule has 2 rings (SSSR count). The van der Waals surface area contributed by atoms with E-state index in [9.17, 15) is 0 Å². The predicted molar refractivity (Wildman–Crippen MR) is 65.1 cm³/mol. The van der Waals surface area contributed by atoms with E-state index in [1.807, 2.05) is 0 Å². The van der Waals surface area contributed by atoms with E-state index in [2.05, 4.69) is 25.1 Å². The summed E-state index contributed by atoms with van der Waals surface area (Å²) in [5.74, 6) is 0. The van der Waals surface area contributed by atoms with Crippen LogP contribution in [0, 0.1) is 0 Å². The smallest absolute Gasteiger partial charge is 0.00136 e. The van der Waals surface area contributed by atoms with Gasteiger partial charge in [-0.25, -0.2) is 0 Å². The fourth-order valence-corrected chi connectivity index (χ4v) is 2.48. The predicted octanol–water partition coefficient (Wildman–Crippen LogP) is 2.85. The molecule has 15 heavy (non-hydrogen) atoms. The van der Waals surface area contributed by atoms with Crippen LogP contribution in [0.25, 0.3) is 0 Å². The summed E-state index contributed by atoms with van der Waals surface area (Å²) in [7, 11) is 0. The topological polar surface area (TPSA) is 26.0 Å². The summed E-state index contributed by atoms with van der Waals surface area (Å²) in [4.78, 5) is 0. The highest BCUT2D eigenvalue weighted by Crippen LogP contribution is 2.25. The number of rotatable bonds is 3. The van der Waals surface area contributed by atoms with Crippen molar-refractivity contribution in [3.63, 3.8) is 0 Å². The molecule has 0 saturated carbocycles. The Kier molecular flexibility index (Phi) is 3.42. The lowest BCUT2D eigenvalue weighted by Gasteiger charge is -2.19. The lowest BCUT2D eigenvalue weighted by Crippen LogP contribution is -2.16. The van der Waals surface area contributed by atoms with E-state index in [4.69, 9.17) is 5.73 Å². The first-order valence-electron chi connectivity index (χ1n) is 6.12. The van der Waals surface area contributed by atoms with Crippen molar-refractivity contribution in [1.29, 1.82) is 0 Å². The fraction of sp³-hybridized carbons (Fsp3) is 0.571. The number of nitrogens with two attached hydrogens (primary N) is 1. The van der Waals surface area contributed by atoms with Crippen LogP contribution in [0.4, 0.5) is 0 Å². The third-order valence-electron chi connectivity index (χ3n) is 3.36. The monoisotopic (exact) mass is 203 g/mol. The second kappa shape index (κ2) is 4.80. The Labute approximate surface area is 92.7 Å². The van der Waals surface area contributed by atoms with Gasteiger partial charge in [0.05, 0.1) is 0 Å². The Balaban J connectivity index is 2.16. The molecule has 1 aromatic carbocycles. The average molecular weight is 203 g/mol. The van der Waals surface area contributed by atoms with Crippen LogP contribution >= 0.6 is 0 Å². The third-order valence-corrected chi connectivity index (χ3v) is 3.36.